The van der Waals surface area contributed by atoms with Gasteiger partial charge in [0.05, 0.1) is 24.8 Å². The molecule has 0 saturated heterocycles. The van der Waals surface area contributed by atoms with Crippen LogP contribution in [0.5, 0.6) is 11.5 Å². The highest BCUT2D eigenvalue weighted by Crippen LogP contribution is 2.27. The van der Waals surface area contributed by atoms with Crippen LogP contribution in [0.25, 0.3) is 0 Å². The first-order chi connectivity index (χ1) is 11.3. The highest BCUT2D eigenvalue weighted by molar-refractivity contribution is 7.92. The lowest BCUT2D eigenvalue weighted by molar-refractivity contribution is 0.0693. The Kier molecular flexibility index (Phi) is 4.99. The topological polar surface area (TPSA) is 93.1 Å². The van der Waals surface area contributed by atoms with E-state index in [1.807, 2.05) is 0 Å². The summed E-state index contributed by atoms with van der Waals surface area (Å²) in [6.45, 7) is 0. The molecular weight excluding hydrogens is 334 g/mol. The monoisotopic (exact) mass is 351 g/mol. The fourth-order valence-electron chi connectivity index (χ4n) is 2.10. The highest BCUT2D eigenvalue weighted by Gasteiger charge is 2.24. The molecular formula is C16H17NO6S. The van der Waals surface area contributed by atoms with Crippen molar-refractivity contribution >= 4 is 21.7 Å². The van der Waals surface area contributed by atoms with Gasteiger partial charge >= 0.3 is 5.97 Å². The number of sulfonamides is 1. The van der Waals surface area contributed by atoms with Gasteiger partial charge in [-0.05, 0) is 42.5 Å². The van der Waals surface area contributed by atoms with Crippen molar-refractivity contribution in [2.75, 3.05) is 25.6 Å². The summed E-state index contributed by atoms with van der Waals surface area (Å²) in [6.07, 6.45) is 0. The van der Waals surface area contributed by atoms with Gasteiger partial charge in [-0.1, -0.05) is 0 Å². The van der Waals surface area contributed by atoms with E-state index in [1.54, 1.807) is 24.3 Å². The zero-order valence-corrected chi connectivity index (χ0v) is 14.2. The van der Waals surface area contributed by atoms with E-state index in [-0.39, 0.29) is 16.2 Å². The third-order valence-electron chi connectivity index (χ3n) is 3.50. The van der Waals surface area contributed by atoms with Crippen molar-refractivity contribution in [3.05, 3.63) is 48.0 Å². The van der Waals surface area contributed by atoms with Crippen molar-refractivity contribution in [3.63, 3.8) is 0 Å². The average Bonchev–Trinajstić information content (AvgIpc) is 2.60. The molecule has 2 aromatic carbocycles. The zero-order chi connectivity index (χ0) is 17.9. The van der Waals surface area contributed by atoms with Crippen molar-refractivity contribution < 1.29 is 27.8 Å². The molecule has 0 radical (unpaired) electrons. The maximum absolute atomic E-state index is 12.7. The number of carboxylic acids is 1. The number of carboxylic acid groups (broad SMARTS) is 1. The van der Waals surface area contributed by atoms with E-state index in [9.17, 15) is 18.3 Å². The van der Waals surface area contributed by atoms with Gasteiger partial charge in [0.1, 0.15) is 17.1 Å². The van der Waals surface area contributed by atoms with Crippen molar-refractivity contribution in [2.24, 2.45) is 0 Å². The maximum Gasteiger partial charge on any atom is 0.339 e. The zero-order valence-electron chi connectivity index (χ0n) is 13.4. The quantitative estimate of drug-likeness (QED) is 0.858. The summed E-state index contributed by atoms with van der Waals surface area (Å²) in [5.41, 5.74) is 0.199. The third-order valence-corrected chi connectivity index (χ3v) is 5.28. The lowest BCUT2D eigenvalue weighted by Gasteiger charge is -2.20. The Morgan fingerprint density at radius 3 is 2.17 bits per heavy atom. The van der Waals surface area contributed by atoms with Crippen LogP contribution >= 0.6 is 0 Å². The van der Waals surface area contributed by atoms with Crippen LogP contribution in [0.15, 0.2) is 47.4 Å². The van der Waals surface area contributed by atoms with Crippen LogP contribution in [0.2, 0.25) is 0 Å². The Bertz CT molecular complexity index is 845. The Morgan fingerprint density at radius 1 is 1.04 bits per heavy atom. The van der Waals surface area contributed by atoms with E-state index in [1.165, 1.54) is 33.4 Å². The van der Waals surface area contributed by atoms with Crippen molar-refractivity contribution in [1.29, 1.82) is 0 Å². The van der Waals surface area contributed by atoms with Crippen molar-refractivity contribution in [1.82, 2.24) is 0 Å². The van der Waals surface area contributed by atoms with E-state index < -0.39 is 16.0 Å². The average molecular weight is 351 g/mol. The Balaban J connectivity index is 2.45. The fourth-order valence-corrected chi connectivity index (χ4v) is 3.33. The molecule has 128 valence electrons. The van der Waals surface area contributed by atoms with Gasteiger partial charge in [0.25, 0.3) is 10.0 Å². The van der Waals surface area contributed by atoms with Crippen LogP contribution in [0.3, 0.4) is 0 Å². The van der Waals surface area contributed by atoms with Crippen LogP contribution in [0.1, 0.15) is 10.4 Å². The smallest absolute Gasteiger partial charge is 0.339 e. The molecule has 0 fully saturated rings. The first-order valence-corrected chi connectivity index (χ1v) is 8.29. The predicted molar refractivity (Wildman–Crippen MR) is 88.5 cm³/mol. The number of methoxy groups -OCH3 is 2. The summed E-state index contributed by atoms with van der Waals surface area (Å²) in [6, 6.07) is 10.2. The Labute approximate surface area is 140 Å². The van der Waals surface area contributed by atoms with Gasteiger partial charge in [0.2, 0.25) is 0 Å². The Morgan fingerprint density at radius 2 is 1.67 bits per heavy atom. The lowest BCUT2D eigenvalue weighted by atomic mass is 10.2. The van der Waals surface area contributed by atoms with Crippen molar-refractivity contribution in [3.8, 4) is 11.5 Å². The molecule has 0 heterocycles. The minimum absolute atomic E-state index is 0.0913. The molecule has 0 amide bonds. The molecule has 7 nitrogen and oxygen atoms in total. The summed E-state index contributed by atoms with van der Waals surface area (Å²) in [7, 11) is 0.305. The summed E-state index contributed by atoms with van der Waals surface area (Å²) >= 11 is 0. The normalized spacial score (nSPS) is 11.0. The first-order valence-electron chi connectivity index (χ1n) is 6.85. The molecule has 2 aromatic rings. The highest BCUT2D eigenvalue weighted by atomic mass is 32.2. The largest absolute Gasteiger partial charge is 0.497 e. The fraction of sp³-hybridized carbons (Fsp3) is 0.188. The second-order valence-electron chi connectivity index (χ2n) is 4.84. The van der Waals surface area contributed by atoms with Gasteiger partial charge in [-0.25, -0.2) is 13.2 Å². The molecule has 0 aliphatic carbocycles. The second-order valence-corrected chi connectivity index (χ2v) is 6.81. The number of hydrogen-bond acceptors (Lipinski definition) is 5. The van der Waals surface area contributed by atoms with Gasteiger partial charge in [-0.2, -0.15) is 0 Å². The number of benzene rings is 2. The molecule has 0 saturated carbocycles. The van der Waals surface area contributed by atoms with Gasteiger partial charge in [0, 0.05) is 7.05 Å². The van der Waals surface area contributed by atoms with Gasteiger partial charge in [0.15, 0.2) is 0 Å². The molecule has 0 aromatic heterocycles. The van der Waals surface area contributed by atoms with E-state index in [0.29, 0.717) is 11.4 Å². The van der Waals surface area contributed by atoms with Crippen LogP contribution in [0, 0.1) is 0 Å². The third kappa shape index (κ3) is 3.28. The number of ether oxygens (including phenoxy) is 2. The van der Waals surface area contributed by atoms with E-state index >= 15 is 0 Å². The Hall–Kier alpha value is -2.74. The van der Waals surface area contributed by atoms with E-state index in [0.717, 1.165) is 10.4 Å². The van der Waals surface area contributed by atoms with Crippen LogP contribution in [-0.4, -0.2) is 40.8 Å². The minimum atomic E-state index is -3.92. The maximum atomic E-state index is 12.7. The number of rotatable bonds is 6. The number of hydrogen-bond donors (Lipinski definition) is 1. The van der Waals surface area contributed by atoms with Crippen LogP contribution in [-0.2, 0) is 10.0 Å². The molecule has 0 spiro atoms. The van der Waals surface area contributed by atoms with E-state index in [2.05, 4.69) is 0 Å². The number of anilines is 1. The van der Waals surface area contributed by atoms with Crippen LogP contribution < -0.4 is 13.8 Å². The van der Waals surface area contributed by atoms with E-state index in [4.69, 9.17) is 9.47 Å². The molecule has 0 aliphatic rings. The van der Waals surface area contributed by atoms with Gasteiger partial charge in [-0.3, -0.25) is 4.31 Å². The minimum Gasteiger partial charge on any atom is -0.497 e. The number of nitrogens with zero attached hydrogens (tertiary/aromatic N) is 1. The first kappa shape index (κ1) is 17.6. The molecule has 8 heteroatoms. The molecule has 0 atom stereocenters. The van der Waals surface area contributed by atoms with Crippen LogP contribution in [0.4, 0.5) is 5.69 Å². The molecule has 0 unspecified atom stereocenters. The lowest BCUT2D eigenvalue weighted by Crippen LogP contribution is -2.26. The summed E-state index contributed by atoms with van der Waals surface area (Å²) in [5.74, 6) is -0.577. The summed E-state index contributed by atoms with van der Waals surface area (Å²) < 4.78 is 36.5. The van der Waals surface area contributed by atoms with Gasteiger partial charge in [-0.15, -0.1) is 0 Å². The molecule has 24 heavy (non-hydrogen) atoms. The molecule has 1 N–H and O–H groups in total. The number of aromatic carboxylic acids is 1. The summed E-state index contributed by atoms with van der Waals surface area (Å²) in [5, 5.41) is 9.20. The number of carbonyl (C=O) groups is 1. The van der Waals surface area contributed by atoms with Gasteiger partial charge < -0.3 is 14.6 Å². The van der Waals surface area contributed by atoms with Crippen molar-refractivity contribution in [2.45, 2.75) is 4.90 Å². The molecule has 0 bridgehead atoms. The SMILES string of the molecule is COc1ccc(N(C)S(=O)(=O)c2ccc(OC)c(C(=O)O)c2)cc1. The second kappa shape index (κ2) is 6.79. The molecule has 2 rings (SSSR count). The molecule has 0 aliphatic heterocycles. The summed E-state index contributed by atoms with van der Waals surface area (Å²) in [4.78, 5) is 11.1. The predicted octanol–water partition coefficient (Wildman–Crippen LogP) is 2.23. The standard InChI is InChI=1S/C16H17NO6S/c1-17(11-4-6-12(22-2)7-5-11)24(20,21)13-8-9-15(23-3)14(10-13)16(18)19/h4-10H,1-3H3,(H,18,19).